The van der Waals surface area contributed by atoms with Crippen LogP contribution in [0.15, 0.2) is 34.7 Å². The molecule has 0 saturated carbocycles. The van der Waals surface area contributed by atoms with Gasteiger partial charge in [-0.15, -0.1) is 10.2 Å². The van der Waals surface area contributed by atoms with E-state index in [-0.39, 0.29) is 12.3 Å². The molecule has 0 aliphatic heterocycles. The zero-order valence-electron chi connectivity index (χ0n) is 14.7. The average Bonchev–Trinajstić information content (AvgIpc) is 3.09. The predicted octanol–water partition coefficient (Wildman–Crippen LogP) is 3.26. The third-order valence-corrected chi connectivity index (χ3v) is 5.33. The Labute approximate surface area is 161 Å². The molecule has 140 valence electrons. The second-order valence-electron chi connectivity index (χ2n) is 5.47. The zero-order chi connectivity index (χ0) is 18.6. The fraction of sp³-hybridized carbons (Fsp3) is 0.412. The van der Waals surface area contributed by atoms with Gasteiger partial charge in [0.15, 0.2) is 4.34 Å². The Morgan fingerprint density at radius 2 is 2.00 bits per heavy atom. The first-order valence-electron chi connectivity index (χ1n) is 8.49. The molecule has 0 atom stereocenters. The summed E-state index contributed by atoms with van der Waals surface area (Å²) >= 11 is 2.93. The summed E-state index contributed by atoms with van der Waals surface area (Å²) in [7, 11) is 0. The van der Waals surface area contributed by atoms with Crippen molar-refractivity contribution in [3.05, 3.63) is 35.9 Å². The maximum absolute atomic E-state index is 11.8. The van der Waals surface area contributed by atoms with Crippen LogP contribution in [0.2, 0.25) is 0 Å². The Kier molecular flexibility index (Phi) is 8.91. The summed E-state index contributed by atoms with van der Waals surface area (Å²) in [6.07, 6.45) is 2.46. The van der Waals surface area contributed by atoms with Gasteiger partial charge >= 0.3 is 6.03 Å². The van der Waals surface area contributed by atoms with E-state index < -0.39 is 6.03 Å². The Morgan fingerprint density at radius 1 is 1.19 bits per heavy atom. The monoisotopic (exact) mass is 393 g/mol. The van der Waals surface area contributed by atoms with Crippen LogP contribution in [0.5, 0.6) is 0 Å². The van der Waals surface area contributed by atoms with E-state index in [1.165, 1.54) is 23.1 Å². The molecule has 0 spiro atoms. The molecule has 9 heteroatoms. The van der Waals surface area contributed by atoms with Gasteiger partial charge in [-0.2, -0.15) is 0 Å². The SMILES string of the molecule is CCCCNc1nnc(SCCC(=O)NC(=O)NCc2ccccc2)s1. The first-order valence-corrected chi connectivity index (χ1v) is 10.3. The van der Waals surface area contributed by atoms with Crippen molar-refractivity contribution in [2.24, 2.45) is 0 Å². The number of nitrogens with zero attached hydrogens (tertiary/aromatic N) is 2. The van der Waals surface area contributed by atoms with E-state index in [9.17, 15) is 9.59 Å². The van der Waals surface area contributed by atoms with E-state index in [1.807, 2.05) is 30.3 Å². The number of amides is 3. The molecule has 0 aliphatic carbocycles. The second-order valence-corrected chi connectivity index (χ2v) is 7.79. The Balaban J connectivity index is 1.60. The van der Waals surface area contributed by atoms with Crippen molar-refractivity contribution in [1.29, 1.82) is 0 Å². The fourth-order valence-electron chi connectivity index (χ4n) is 1.95. The molecular formula is C17H23N5O2S2. The average molecular weight is 394 g/mol. The van der Waals surface area contributed by atoms with Gasteiger partial charge < -0.3 is 10.6 Å². The molecule has 3 N–H and O–H groups in total. The molecule has 2 rings (SSSR count). The van der Waals surface area contributed by atoms with E-state index in [2.05, 4.69) is 33.1 Å². The lowest BCUT2D eigenvalue weighted by Gasteiger charge is -2.06. The number of carbonyl (C=O) groups is 2. The van der Waals surface area contributed by atoms with Crippen LogP contribution in [-0.2, 0) is 11.3 Å². The van der Waals surface area contributed by atoms with Crippen LogP contribution in [0.3, 0.4) is 0 Å². The minimum atomic E-state index is -0.484. The van der Waals surface area contributed by atoms with E-state index in [1.54, 1.807) is 0 Å². The number of nitrogens with one attached hydrogen (secondary N) is 3. The summed E-state index contributed by atoms with van der Waals surface area (Å²) < 4.78 is 0.810. The van der Waals surface area contributed by atoms with Gasteiger partial charge in [-0.05, 0) is 12.0 Å². The molecule has 0 fully saturated rings. The number of urea groups is 1. The highest BCUT2D eigenvalue weighted by Crippen LogP contribution is 2.25. The largest absolute Gasteiger partial charge is 0.360 e. The first kappa shape index (κ1) is 20.2. The van der Waals surface area contributed by atoms with E-state index in [0.29, 0.717) is 12.3 Å². The molecular weight excluding hydrogens is 370 g/mol. The topological polar surface area (TPSA) is 96.0 Å². The Hall–Kier alpha value is -2.13. The highest BCUT2D eigenvalue weighted by atomic mass is 32.2. The summed E-state index contributed by atoms with van der Waals surface area (Å²) in [4.78, 5) is 23.5. The Morgan fingerprint density at radius 3 is 2.77 bits per heavy atom. The summed E-state index contributed by atoms with van der Waals surface area (Å²) in [5.41, 5.74) is 0.977. The lowest BCUT2D eigenvalue weighted by atomic mass is 10.2. The van der Waals surface area contributed by atoms with Crippen LogP contribution >= 0.6 is 23.1 Å². The number of unbranched alkanes of at least 4 members (excludes halogenated alkanes) is 1. The number of thioether (sulfide) groups is 1. The molecule has 1 heterocycles. The third-order valence-electron chi connectivity index (χ3n) is 3.32. The number of aromatic nitrogens is 2. The van der Waals surface area contributed by atoms with Gasteiger partial charge in [0.25, 0.3) is 0 Å². The summed E-state index contributed by atoms with van der Waals surface area (Å²) in [5.74, 6) is 0.232. The van der Waals surface area contributed by atoms with Crippen molar-refractivity contribution >= 4 is 40.2 Å². The molecule has 7 nitrogen and oxygen atoms in total. The normalized spacial score (nSPS) is 10.3. The van der Waals surface area contributed by atoms with Crippen LogP contribution in [0.4, 0.5) is 9.93 Å². The molecule has 0 saturated heterocycles. The lowest BCUT2D eigenvalue weighted by Crippen LogP contribution is -2.39. The second kappa shape index (κ2) is 11.5. The fourth-order valence-corrected chi connectivity index (χ4v) is 3.74. The van der Waals surface area contributed by atoms with Crippen molar-refractivity contribution in [3.8, 4) is 0 Å². The standard InChI is InChI=1S/C17H23N5O2S2/c1-2-3-10-18-16-21-22-17(26-16)25-11-9-14(23)20-15(24)19-12-13-7-5-4-6-8-13/h4-8H,2-3,9-12H2,1H3,(H,18,21)(H2,19,20,23,24). The summed E-state index contributed by atoms with van der Waals surface area (Å²) in [6.45, 7) is 3.40. The van der Waals surface area contributed by atoms with Gasteiger partial charge in [-0.1, -0.05) is 66.8 Å². The van der Waals surface area contributed by atoms with Crippen molar-refractivity contribution < 1.29 is 9.59 Å². The third kappa shape index (κ3) is 7.83. The number of imide groups is 1. The number of carbonyl (C=O) groups excluding carboxylic acids is 2. The maximum Gasteiger partial charge on any atom is 0.321 e. The predicted molar refractivity (Wildman–Crippen MR) is 105 cm³/mol. The van der Waals surface area contributed by atoms with Crippen molar-refractivity contribution in [3.63, 3.8) is 0 Å². The molecule has 0 aliphatic rings. The minimum Gasteiger partial charge on any atom is -0.360 e. The lowest BCUT2D eigenvalue weighted by molar-refractivity contribution is -0.119. The molecule has 2 aromatic rings. The number of anilines is 1. The minimum absolute atomic E-state index is 0.238. The van der Waals surface area contributed by atoms with Crippen LogP contribution in [-0.4, -0.2) is 34.4 Å². The highest BCUT2D eigenvalue weighted by molar-refractivity contribution is 8.01. The van der Waals surface area contributed by atoms with Gasteiger partial charge in [0.05, 0.1) is 0 Å². The number of rotatable bonds is 10. The highest BCUT2D eigenvalue weighted by Gasteiger charge is 2.09. The first-order chi connectivity index (χ1) is 12.7. The van der Waals surface area contributed by atoms with Gasteiger partial charge in [-0.25, -0.2) is 4.79 Å². The zero-order valence-corrected chi connectivity index (χ0v) is 16.3. The van der Waals surface area contributed by atoms with Crippen molar-refractivity contribution in [2.75, 3.05) is 17.6 Å². The Bertz CT molecular complexity index is 693. The van der Waals surface area contributed by atoms with Gasteiger partial charge in [0.2, 0.25) is 11.0 Å². The molecule has 0 radical (unpaired) electrons. The van der Waals surface area contributed by atoms with Crippen LogP contribution in [0, 0.1) is 0 Å². The maximum atomic E-state index is 11.8. The summed E-state index contributed by atoms with van der Waals surface area (Å²) in [5, 5.41) is 17.1. The van der Waals surface area contributed by atoms with Gasteiger partial charge in [0, 0.05) is 25.3 Å². The summed E-state index contributed by atoms with van der Waals surface area (Å²) in [6, 6.07) is 9.04. The van der Waals surface area contributed by atoms with Gasteiger partial charge in [0.1, 0.15) is 0 Å². The molecule has 26 heavy (non-hydrogen) atoms. The molecule has 1 aromatic carbocycles. The van der Waals surface area contributed by atoms with E-state index in [0.717, 1.165) is 34.4 Å². The van der Waals surface area contributed by atoms with E-state index in [4.69, 9.17) is 0 Å². The van der Waals surface area contributed by atoms with Crippen LogP contribution in [0.1, 0.15) is 31.7 Å². The number of hydrogen-bond donors (Lipinski definition) is 3. The van der Waals surface area contributed by atoms with Crippen molar-refractivity contribution in [2.45, 2.75) is 37.1 Å². The van der Waals surface area contributed by atoms with Gasteiger partial charge in [-0.3, -0.25) is 10.1 Å². The van der Waals surface area contributed by atoms with Crippen molar-refractivity contribution in [1.82, 2.24) is 20.8 Å². The molecule has 0 bridgehead atoms. The smallest absolute Gasteiger partial charge is 0.321 e. The number of hydrogen-bond acceptors (Lipinski definition) is 7. The van der Waals surface area contributed by atoms with E-state index >= 15 is 0 Å². The van der Waals surface area contributed by atoms with Crippen LogP contribution in [0.25, 0.3) is 0 Å². The van der Waals surface area contributed by atoms with Crippen LogP contribution < -0.4 is 16.0 Å². The molecule has 0 unspecified atom stereocenters. The quantitative estimate of drug-likeness (QED) is 0.424. The molecule has 3 amide bonds. The number of benzene rings is 1. The molecule has 1 aromatic heterocycles.